The maximum Gasteiger partial charge on any atom is 0.417 e. The molecule has 4 aromatic heterocycles. The lowest BCUT2D eigenvalue weighted by atomic mass is 10.2. The fourth-order valence-electron chi connectivity index (χ4n) is 2.66. The Morgan fingerprint density at radius 3 is 2.83 bits per heavy atom. The van der Waals surface area contributed by atoms with Gasteiger partial charge in [0.15, 0.2) is 0 Å². The summed E-state index contributed by atoms with van der Waals surface area (Å²) in [6.07, 6.45) is -2.27. The summed E-state index contributed by atoms with van der Waals surface area (Å²) >= 11 is 8.38. The van der Waals surface area contributed by atoms with Crippen LogP contribution in [0.4, 0.5) is 13.2 Å². The number of halogens is 4. The lowest BCUT2D eigenvalue weighted by molar-refractivity contribution is -0.137. The van der Waals surface area contributed by atoms with Gasteiger partial charge in [0.1, 0.15) is 21.4 Å². The van der Waals surface area contributed by atoms with E-state index in [4.69, 9.17) is 16.0 Å². The second kappa shape index (κ2) is 7.51. The molecule has 5 nitrogen and oxygen atoms in total. The number of furan rings is 1. The monoisotopic (exact) mass is 457 g/mol. The highest BCUT2D eigenvalue weighted by Crippen LogP contribution is 2.39. The third kappa shape index (κ3) is 3.92. The molecule has 1 N–H and O–H groups in total. The van der Waals surface area contributed by atoms with Crippen molar-refractivity contribution in [3.63, 3.8) is 0 Å². The van der Waals surface area contributed by atoms with Gasteiger partial charge in [-0.05, 0) is 25.1 Å². The number of rotatable bonds is 4. The third-order valence-electron chi connectivity index (χ3n) is 4.06. The summed E-state index contributed by atoms with van der Waals surface area (Å²) in [7, 11) is 0. The number of hydrogen-bond acceptors (Lipinski definition) is 6. The largest absolute Gasteiger partial charge is 0.464 e. The van der Waals surface area contributed by atoms with E-state index in [0.717, 1.165) is 24.0 Å². The first-order valence-electron chi connectivity index (χ1n) is 8.18. The van der Waals surface area contributed by atoms with Crippen molar-refractivity contribution in [2.45, 2.75) is 23.4 Å². The number of H-pyrrole nitrogens is 1. The third-order valence-corrected chi connectivity index (χ3v) is 6.45. The topological polar surface area (TPSA) is 71.8 Å². The van der Waals surface area contributed by atoms with Crippen LogP contribution in [-0.2, 0) is 6.18 Å². The van der Waals surface area contributed by atoms with E-state index in [-0.39, 0.29) is 15.6 Å². The lowest BCUT2D eigenvalue weighted by Crippen LogP contribution is -2.12. The van der Waals surface area contributed by atoms with Crippen LogP contribution in [0.25, 0.3) is 21.5 Å². The Morgan fingerprint density at radius 1 is 1.38 bits per heavy atom. The van der Waals surface area contributed by atoms with Crippen LogP contribution in [0.2, 0.25) is 5.02 Å². The molecule has 4 aromatic rings. The van der Waals surface area contributed by atoms with E-state index in [1.165, 1.54) is 17.6 Å². The minimum atomic E-state index is -4.52. The molecule has 0 fully saturated rings. The van der Waals surface area contributed by atoms with Crippen molar-refractivity contribution in [1.29, 1.82) is 0 Å². The van der Waals surface area contributed by atoms with Crippen LogP contribution in [0, 0.1) is 0 Å². The second-order valence-electron chi connectivity index (χ2n) is 6.03. The average Bonchev–Trinajstić information content (AvgIpc) is 3.31. The number of hydrogen-bond donors (Lipinski definition) is 1. The molecule has 0 aliphatic heterocycles. The molecule has 0 aliphatic carbocycles. The van der Waals surface area contributed by atoms with Gasteiger partial charge in [-0.2, -0.15) is 13.2 Å². The molecule has 0 aliphatic rings. The Morgan fingerprint density at radius 2 is 2.17 bits per heavy atom. The quantitative estimate of drug-likeness (QED) is 0.371. The van der Waals surface area contributed by atoms with E-state index in [2.05, 4.69) is 15.0 Å². The van der Waals surface area contributed by atoms with Crippen molar-refractivity contribution in [2.75, 3.05) is 0 Å². The van der Waals surface area contributed by atoms with Crippen LogP contribution in [-0.4, -0.2) is 15.0 Å². The minimum absolute atomic E-state index is 0.115. The SMILES string of the molecule is C[C@H](Sc1ncc(C(F)(F)F)cc1Cl)c1nc2scc(-c3ccco3)c2c(=O)[nH]1. The average molecular weight is 458 g/mol. The molecule has 0 saturated heterocycles. The van der Waals surface area contributed by atoms with E-state index >= 15 is 0 Å². The Bertz CT molecular complexity index is 1240. The van der Waals surface area contributed by atoms with Gasteiger partial charge in [-0.1, -0.05) is 23.4 Å². The highest BCUT2D eigenvalue weighted by atomic mass is 35.5. The van der Waals surface area contributed by atoms with Crippen LogP contribution in [0.5, 0.6) is 0 Å². The predicted octanol–water partition coefficient (Wildman–Crippen LogP) is 6.17. The molecule has 4 heterocycles. The molecule has 0 radical (unpaired) electrons. The van der Waals surface area contributed by atoms with E-state index in [1.807, 2.05) is 0 Å². The van der Waals surface area contributed by atoms with Crippen molar-refractivity contribution >= 4 is 44.9 Å². The highest BCUT2D eigenvalue weighted by molar-refractivity contribution is 7.99. The number of aromatic nitrogens is 3. The zero-order valence-electron chi connectivity index (χ0n) is 14.6. The molecule has 0 unspecified atom stereocenters. The highest BCUT2D eigenvalue weighted by Gasteiger charge is 2.32. The molecule has 0 saturated carbocycles. The summed E-state index contributed by atoms with van der Waals surface area (Å²) in [5, 5.41) is 1.93. The Labute approximate surface area is 175 Å². The standard InChI is InChI=1S/C18H11ClF3N3O2S2/c1-8(29-16-11(19)5-9(6-23-16)18(20,21)22)14-24-15(26)13-10(7-28-17(13)25-14)12-3-2-4-27-12/h2-8H,1H3,(H,24,25,26)/t8-/m0/s1. The number of thioether (sulfide) groups is 1. The van der Waals surface area contributed by atoms with Crippen LogP contribution >= 0.6 is 34.7 Å². The number of fused-ring (bicyclic) bond motifs is 1. The summed E-state index contributed by atoms with van der Waals surface area (Å²) in [5.74, 6) is 0.942. The van der Waals surface area contributed by atoms with Crippen LogP contribution in [0.1, 0.15) is 23.6 Å². The molecular weight excluding hydrogens is 447 g/mol. The first-order chi connectivity index (χ1) is 13.7. The van der Waals surface area contributed by atoms with E-state index < -0.39 is 17.0 Å². The smallest absolute Gasteiger partial charge is 0.417 e. The van der Waals surface area contributed by atoms with Gasteiger partial charge in [0.25, 0.3) is 5.56 Å². The Hall–Kier alpha value is -2.30. The number of nitrogens with one attached hydrogen (secondary N) is 1. The van der Waals surface area contributed by atoms with Gasteiger partial charge in [0, 0.05) is 17.1 Å². The predicted molar refractivity (Wildman–Crippen MR) is 106 cm³/mol. The summed E-state index contributed by atoms with van der Waals surface area (Å²) in [6, 6.07) is 4.32. The van der Waals surface area contributed by atoms with Gasteiger partial charge >= 0.3 is 6.18 Å². The molecule has 0 bridgehead atoms. The second-order valence-corrected chi connectivity index (χ2v) is 8.62. The number of pyridine rings is 1. The van der Waals surface area contributed by atoms with Crippen LogP contribution in [0.15, 0.2) is 50.3 Å². The van der Waals surface area contributed by atoms with E-state index in [1.54, 1.807) is 24.4 Å². The van der Waals surface area contributed by atoms with E-state index in [9.17, 15) is 18.0 Å². The molecule has 150 valence electrons. The van der Waals surface area contributed by atoms with Crippen LogP contribution < -0.4 is 5.56 Å². The lowest BCUT2D eigenvalue weighted by Gasteiger charge is -2.12. The zero-order valence-corrected chi connectivity index (χ0v) is 17.0. The van der Waals surface area contributed by atoms with Gasteiger partial charge in [-0.25, -0.2) is 9.97 Å². The van der Waals surface area contributed by atoms with Gasteiger partial charge in [-0.15, -0.1) is 11.3 Å². The molecule has 1 atom stereocenters. The first-order valence-corrected chi connectivity index (χ1v) is 10.3. The zero-order chi connectivity index (χ0) is 20.8. The summed E-state index contributed by atoms with van der Waals surface area (Å²) in [4.78, 5) is 24.2. The molecule has 11 heteroatoms. The molecule has 0 amide bonds. The fourth-order valence-corrected chi connectivity index (χ4v) is 4.74. The maximum absolute atomic E-state index is 12.8. The summed E-state index contributed by atoms with van der Waals surface area (Å²) in [5.41, 5.74) is -0.587. The van der Waals surface area contributed by atoms with Crippen molar-refractivity contribution in [3.8, 4) is 11.3 Å². The molecule has 0 spiro atoms. The maximum atomic E-state index is 12.8. The number of thiophene rings is 1. The van der Waals surface area contributed by atoms with E-state index in [0.29, 0.717) is 27.4 Å². The Balaban J connectivity index is 1.64. The number of aromatic amines is 1. The van der Waals surface area contributed by atoms with Gasteiger partial charge in [-0.3, -0.25) is 4.79 Å². The molecular formula is C18H11ClF3N3O2S2. The summed E-state index contributed by atoms with van der Waals surface area (Å²) in [6.45, 7) is 1.76. The molecule has 29 heavy (non-hydrogen) atoms. The Kier molecular flexibility index (Phi) is 5.18. The van der Waals surface area contributed by atoms with Crippen molar-refractivity contribution in [3.05, 3.63) is 62.8 Å². The van der Waals surface area contributed by atoms with Crippen molar-refractivity contribution in [2.24, 2.45) is 0 Å². The van der Waals surface area contributed by atoms with Gasteiger partial charge in [0.05, 0.1) is 27.5 Å². The van der Waals surface area contributed by atoms with Gasteiger partial charge < -0.3 is 9.40 Å². The minimum Gasteiger partial charge on any atom is -0.464 e. The van der Waals surface area contributed by atoms with Gasteiger partial charge in [0.2, 0.25) is 0 Å². The van der Waals surface area contributed by atoms with Crippen molar-refractivity contribution < 1.29 is 17.6 Å². The number of alkyl halides is 3. The molecule has 0 aromatic carbocycles. The first kappa shape index (κ1) is 20.0. The summed E-state index contributed by atoms with van der Waals surface area (Å²) < 4.78 is 43.7. The normalized spacial score (nSPS) is 13.1. The number of nitrogens with zero attached hydrogens (tertiary/aromatic N) is 2. The fraction of sp³-hybridized carbons (Fsp3) is 0.167. The van der Waals surface area contributed by atoms with Crippen molar-refractivity contribution in [1.82, 2.24) is 15.0 Å². The van der Waals surface area contributed by atoms with Crippen LogP contribution in [0.3, 0.4) is 0 Å². The molecule has 4 rings (SSSR count).